The summed E-state index contributed by atoms with van der Waals surface area (Å²) >= 11 is -0.739. The van der Waals surface area contributed by atoms with Crippen molar-refractivity contribution in [3.05, 3.63) is 112 Å². The second-order valence-corrected chi connectivity index (χ2v) is 16.7. The van der Waals surface area contributed by atoms with Gasteiger partial charge in [-0.25, -0.2) is 0 Å². The van der Waals surface area contributed by atoms with Gasteiger partial charge in [-0.1, -0.05) is 0 Å². The van der Waals surface area contributed by atoms with Gasteiger partial charge in [-0.05, 0) is 0 Å². The van der Waals surface area contributed by atoms with Gasteiger partial charge in [-0.15, -0.1) is 0 Å². The van der Waals surface area contributed by atoms with E-state index >= 15 is 0 Å². The Balaban J connectivity index is 0.00000151. The maximum absolute atomic E-state index is 2.70. The van der Waals surface area contributed by atoms with Gasteiger partial charge in [-0.3, -0.25) is 0 Å². The number of benzene rings is 3. The first-order chi connectivity index (χ1) is 19.1. The van der Waals surface area contributed by atoms with Crippen molar-refractivity contribution < 1.29 is 47.6 Å². The molecule has 4 bridgehead atoms. The molecule has 209 valence electrons. The molecule has 6 aliphatic rings. The summed E-state index contributed by atoms with van der Waals surface area (Å²) in [4.78, 5) is 0. The maximum Gasteiger partial charge on any atom is -1.00 e. The van der Waals surface area contributed by atoms with E-state index in [1.165, 1.54) is 60.8 Å². The fraction of sp³-hybridized carbons (Fsp3) is 0.395. The molecule has 3 heteroatoms. The molecule has 2 atom stereocenters. The van der Waals surface area contributed by atoms with Crippen LogP contribution in [0.3, 0.4) is 0 Å². The number of allylic oxidation sites excluding steroid dienone is 4. The predicted molar refractivity (Wildman–Crippen MR) is 160 cm³/mol. The smallest absolute Gasteiger partial charge is 1.00 e. The van der Waals surface area contributed by atoms with Crippen molar-refractivity contribution in [2.24, 2.45) is 29.1 Å². The van der Waals surface area contributed by atoms with Crippen molar-refractivity contribution in [2.75, 3.05) is 0 Å². The first-order valence-electron chi connectivity index (χ1n) is 15.4. The second-order valence-electron chi connectivity index (χ2n) is 13.5. The van der Waals surface area contributed by atoms with Gasteiger partial charge in [-0.2, -0.15) is 0 Å². The van der Waals surface area contributed by atoms with Crippen LogP contribution in [-0.4, -0.2) is 3.71 Å². The Kier molecular flexibility index (Phi) is 8.30. The zero-order valence-corrected chi connectivity index (χ0v) is 28.1. The molecule has 4 fully saturated rings. The normalized spacial score (nSPS) is 30.4. The Labute approximate surface area is 270 Å². The van der Waals surface area contributed by atoms with Crippen LogP contribution in [0, 0.1) is 29.1 Å². The third-order valence-corrected chi connectivity index (χ3v) is 14.4. The van der Waals surface area contributed by atoms with E-state index in [4.69, 9.17) is 0 Å². The van der Waals surface area contributed by atoms with Gasteiger partial charge >= 0.3 is 247 Å². The SMILES string of the molecule is CC1=C(c2ccc3c(c2)-c2ccccc2[CH]3/[Zr+2]=[CH]/Cc2ccccc2)C(C)C=C1C12CC3CC(CC(C3)C1)C2.[Cl-].[Cl-]. The van der Waals surface area contributed by atoms with Crippen LogP contribution < -0.4 is 24.8 Å². The van der Waals surface area contributed by atoms with Crippen LogP contribution in [0.15, 0.2) is 90.0 Å². The summed E-state index contributed by atoms with van der Waals surface area (Å²) in [6.07, 6.45) is 12.8. The van der Waals surface area contributed by atoms with Crippen molar-refractivity contribution in [1.29, 1.82) is 0 Å². The Morgan fingerprint density at radius 3 is 2.12 bits per heavy atom. The average molecular weight is 658 g/mol. The molecule has 4 saturated carbocycles. The fourth-order valence-corrected chi connectivity index (χ4v) is 13.5. The van der Waals surface area contributed by atoms with Crippen LogP contribution in [0.4, 0.5) is 0 Å². The van der Waals surface area contributed by atoms with Crippen molar-refractivity contribution in [2.45, 2.75) is 62.4 Å². The third kappa shape index (κ3) is 4.97. The van der Waals surface area contributed by atoms with E-state index in [2.05, 4.69) is 96.4 Å². The van der Waals surface area contributed by atoms with Gasteiger partial charge in [0.05, 0.1) is 0 Å². The van der Waals surface area contributed by atoms with Crippen molar-refractivity contribution in [1.82, 2.24) is 0 Å². The molecule has 0 aliphatic heterocycles. The Morgan fingerprint density at radius 1 is 0.780 bits per heavy atom. The quantitative estimate of drug-likeness (QED) is 0.395. The Bertz CT molecular complexity index is 1510. The molecule has 9 rings (SSSR count). The van der Waals surface area contributed by atoms with Crippen LogP contribution in [0.2, 0.25) is 0 Å². The molecule has 0 nitrogen and oxygen atoms in total. The van der Waals surface area contributed by atoms with Crippen molar-refractivity contribution in [3.8, 4) is 11.1 Å². The summed E-state index contributed by atoms with van der Waals surface area (Å²) in [5.74, 6) is 3.53. The molecule has 0 heterocycles. The minimum absolute atomic E-state index is 0. The maximum atomic E-state index is 2.70. The van der Waals surface area contributed by atoms with Crippen molar-refractivity contribution >= 4 is 9.28 Å². The molecular formula is C38H39Cl2Zr. The molecule has 0 amide bonds. The van der Waals surface area contributed by atoms with Crippen LogP contribution in [0.25, 0.3) is 16.7 Å². The summed E-state index contributed by atoms with van der Waals surface area (Å²) in [5.41, 5.74) is 14.6. The molecule has 0 aromatic heterocycles. The van der Waals surface area contributed by atoms with Gasteiger partial charge in [0, 0.05) is 0 Å². The van der Waals surface area contributed by atoms with Crippen LogP contribution >= 0.6 is 0 Å². The molecule has 3 aromatic rings. The first-order valence-corrected chi connectivity index (χ1v) is 18.2. The number of rotatable bonds is 5. The molecule has 0 radical (unpaired) electrons. The number of halogens is 2. The molecule has 2 unspecified atom stereocenters. The summed E-state index contributed by atoms with van der Waals surface area (Å²) in [7, 11) is 0. The third-order valence-electron chi connectivity index (χ3n) is 11.0. The zero-order chi connectivity index (χ0) is 26.1. The van der Waals surface area contributed by atoms with E-state index in [0.29, 0.717) is 15.0 Å². The summed E-state index contributed by atoms with van der Waals surface area (Å²) in [6.45, 7) is 4.93. The van der Waals surface area contributed by atoms with Crippen LogP contribution in [0.1, 0.15) is 78.3 Å². The van der Waals surface area contributed by atoms with Gasteiger partial charge in [0.2, 0.25) is 0 Å². The van der Waals surface area contributed by atoms with Crippen LogP contribution in [0.5, 0.6) is 0 Å². The van der Waals surface area contributed by atoms with E-state index in [1.807, 2.05) is 0 Å². The Morgan fingerprint density at radius 2 is 1.41 bits per heavy atom. The monoisotopic (exact) mass is 655 g/mol. The molecule has 3 aromatic carbocycles. The van der Waals surface area contributed by atoms with E-state index in [0.717, 1.165) is 24.2 Å². The predicted octanol–water partition coefficient (Wildman–Crippen LogP) is 3.46. The fourth-order valence-electron chi connectivity index (χ4n) is 9.90. The molecule has 6 aliphatic carbocycles. The number of hydrogen-bond donors (Lipinski definition) is 0. The zero-order valence-electron chi connectivity index (χ0n) is 24.2. The Hall–Kier alpha value is -1.53. The molecule has 0 spiro atoms. The van der Waals surface area contributed by atoms with E-state index in [1.54, 1.807) is 27.8 Å². The van der Waals surface area contributed by atoms with Gasteiger partial charge in [0.25, 0.3) is 0 Å². The topological polar surface area (TPSA) is 0 Å². The minimum Gasteiger partial charge on any atom is -1.00 e. The largest absolute Gasteiger partial charge is 1.00 e. The first kappa shape index (κ1) is 29.5. The van der Waals surface area contributed by atoms with Crippen molar-refractivity contribution in [3.63, 3.8) is 0 Å². The average Bonchev–Trinajstić information content (AvgIpc) is 3.42. The van der Waals surface area contributed by atoms with E-state index in [9.17, 15) is 0 Å². The summed E-state index contributed by atoms with van der Waals surface area (Å²) in [6, 6.07) is 27.9. The minimum atomic E-state index is -0.739. The second kappa shape index (κ2) is 11.5. The molecule has 0 saturated heterocycles. The number of fused-ring (bicyclic) bond motifs is 3. The van der Waals surface area contributed by atoms with Gasteiger partial charge < -0.3 is 24.8 Å². The molecule has 41 heavy (non-hydrogen) atoms. The number of hydrogen-bond acceptors (Lipinski definition) is 0. The van der Waals surface area contributed by atoms with E-state index in [-0.39, 0.29) is 24.8 Å². The van der Waals surface area contributed by atoms with Gasteiger partial charge in [0.1, 0.15) is 0 Å². The molecule has 0 N–H and O–H groups in total. The standard InChI is InChI=1S/C30H31.C8H8.2ClH.Zr/c1-18-9-28(30-15-20-10-21(16-30)12-22(11-20)17-30)19(2)29(18)25-8-7-24-13-23-5-3-4-6-26(23)27(24)14-25;1-2-8-6-4-3-5-7-8;;;/h3-9,13-14,18,20-22H,10-12,15-17H2,1-2H3;1,3-7H,2H2;2*1H;/q;;;;+2/p-2. The molecular weight excluding hydrogens is 619 g/mol. The van der Waals surface area contributed by atoms with Crippen LogP contribution in [-0.2, 0) is 29.2 Å². The van der Waals surface area contributed by atoms with E-state index < -0.39 is 22.8 Å². The van der Waals surface area contributed by atoms with Gasteiger partial charge in [0.15, 0.2) is 0 Å². The summed E-state index contributed by atoms with van der Waals surface area (Å²) < 4.78 is 3.30. The summed E-state index contributed by atoms with van der Waals surface area (Å²) in [5, 5.41) is 0.